The summed E-state index contributed by atoms with van der Waals surface area (Å²) in [6, 6.07) is 6.39. The maximum absolute atomic E-state index is 8.88. The molecule has 4 nitrogen and oxygen atoms in total. The predicted molar refractivity (Wildman–Crippen MR) is 113 cm³/mol. The molecule has 1 fully saturated rings. The van der Waals surface area contributed by atoms with Crippen molar-refractivity contribution in [3.05, 3.63) is 42.0 Å². The van der Waals surface area contributed by atoms with E-state index in [9.17, 15) is 0 Å². The number of allylic oxidation sites excluding steroid dienone is 1. The van der Waals surface area contributed by atoms with Gasteiger partial charge in [-0.05, 0) is 68.2 Å². The zero-order valence-electron chi connectivity index (χ0n) is 17.6. The Balaban J connectivity index is 0.000000997. The van der Waals surface area contributed by atoms with E-state index >= 15 is 0 Å². The Morgan fingerprint density at radius 1 is 1.19 bits per heavy atom. The number of aliphatic hydroxyl groups is 1. The number of hydrogen-bond donors (Lipinski definition) is 1. The van der Waals surface area contributed by atoms with Crippen molar-refractivity contribution in [2.75, 3.05) is 26.9 Å². The highest BCUT2D eigenvalue weighted by Crippen LogP contribution is 2.38. The quantitative estimate of drug-likeness (QED) is 0.539. The normalized spacial score (nSPS) is 18.3. The molecule has 2 rings (SSSR count). The van der Waals surface area contributed by atoms with Crippen LogP contribution in [0.2, 0.25) is 0 Å². The first-order chi connectivity index (χ1) is 13.1. The summed E-state index contributed by atoms with van der Waals surface area (Å²) in [5, 5.41) is 8.88. The summed E-state index contributed by atoms with van der Waals surface area (Å²) in [6.45, 7) is 10.2. The third-order valence-corrected chi connectivity index (χ3v) is 4.51. The average Bonchev–Trinajstić information content (AvgIpc) is 2.67. The predicted octanol–water partition coefficient (Wildman–Crippen LogP) is 4.94. The summed E-state index contributed by atoms with van der Waals surface area (Å²) in [5.74, 6) is 2.40. The van der Waals surface area contributed by atoms with Crippen molar-refractivity contribution in [2.45, 2.75) is 58.8 Å². The summed E-state index contributed by atoms with van der Waals surface area (Å²) in [5.41, 5.74) is 2.81. The number of benzene rings is 1. The maximum Gasteiger partial charge on any atom is 0.119 e. The van der Waals surface area contributed by atoms with Gasteiger partial charge in [0.05, 0.1) is 13.2 Å². The lowest BCUT2D eigenvalue weighted by molar-refractivity contribution is -0.106. The minimum atomic E-state index is 0.0513. The Labute approximate surface area is 165 Å². The number of rotatable bonds is 7. The van der Waals surface area contributed by atoms with Gasteiger partial charge in [-0.2, -0.15) is 0 Å². The van der Waals surface area contributed by atoms with Gasteiger partial charge >= 0.3 is 0 Å². The smallest absolute Gasteiger partial charge is 0.119 e. The van der Waals surface area contributed by atoms with Gasteiger partial charge in [-0.25, -0.2) is 0 Å². The number of ether oxygens (including phenoxy) is 2. The molecular formula is C23H38O4. The number of carbonyl (C=O) groups excluding carboxylic acids is 1. The van der Waals surface area contributed by atoms with Crippen molar-refractivity contribution in [1.29, 1.82) is 0 Å². The Hall–Kier alpha value is -1.65. The number of hydrogen-bond acceptors (Lipinski definition) is 4. The summed E-state index contributed by atoms with van der Waals surface area (Å²) < 4.78 is 10.8. The molecule has 4 heteroatoms. The molecule has 0 spiro atoms. The van der Waals surface area contributed by atoms with Gasteiger partial charge in [0.2, 0.25) is 0 Å². The standard InChI is InChI=1S/C18H28O3.C3H6.C2H4O/c1-14-3-5-15(6-4-14)18-8-7-17(21-12-10-19)13-16(18)9-11-20-2;1-3-2;1-2-3/h7-8,13-15,19H,3-6,9-12H2,1-2H3;3H,1H2,2H3;2H,1H3. The molecule has 154 valence electrons. The molecule has 0 aromatic heterocycles. The number of methoxy groups -OCH3 is 1. The Morgan fingerprint density at radius 2 is 1.78 bits per heavy atom. The van der Waals surface area contributed by atoms with Gasteiger partial charge in [-0.1, -0.05) is 31.9 Å². The van der Waals surface area contributed by atoms with Crippen molar-refractivity contribution in [2.24, 2.45) is 5.92 Å². The number of carbonyl (C=O) groups is 1. The monoisotopic (exact) mass is 378 g/mol. The summed E-state index contributed by atoms with van der Waals surface area (Å²) >= 11 is 0. The first kappa shape index (κ1) is 25.4. The van der Waals surface area contributed by atoms with E-state index in [0.29, 0.717) is 12.5 Å². The van der Waals surface area contributed by atoms with Gasteiger partial charge < -0.3 is 19.4 Å². The molecule has 1 aromatic carbocycles. The molecule has 0 amide bonds. The topological polar surface area (TPSA) is 55.8 Å². The molecule has 0 heterocycles. The minimum absolute atomic E-state index is 0.0513. The Morgan fingerprint density at radius 3 is 2.30 bits per heavy atom. The lowest BCUT2D eigenvalue weighted by Gasteiger charge is -2.28. The highest BCUT2D eigenvalue weighted by molar-refractivity contribution is 5.44. The largest absolute Gasteiger partial charge is 0.491 e. The second kappa shape index (κ2) is 16.5. The third-order valence-electron chi connectivity index (χ3n) is 4.51. The molecule has 0 unspecified atom stereocenters. The van der Waals surface area contributed by atoms with Gasteiger partial charge in [0.1, 0.15) is 18.6 Å². The van der Waals surface area contributed by atoms with E-state index in [1.54, 1.807) is 13.2 Å². The fourth-order valence-corrected chi connectivity index (χ4v) is 3.23. The molecule has 1 saturated carbocycles. The van der Waals surface area contributed by atoms with Crippen molar-refractivity contribution >= 4 is 6.29 Å². The molecule has 27 heavy (non-hydrogen) atoms. The zero-order valence-corrected chi connectivity index (χ0v) is 17.6. The van der Waals surface area contributed by atoms with Gasteiger partial charge in [0.25, 0.3) is 0 Å². The van der Waals surface area contributed by atoms with Gasteiger partial charge in [0.15, 0.2) is 0 Å². The van der Waals surface area contributed by atoms with Crippen molar-refractivity contribution in [1.82, 2.24) is 0 Å². The Bertz CT molecular complexity index is 499. The Kier molecular flexibility index (Phi) is 15.5. The third kappa shape index (κ3) is 10.9. The fraction of sp³-hybridized carbons (Fsp3) is 0.609. The van der Waals surface area contributed by atoms with E-state index in [1.807, 2.05) is 13.0 Å². The highest BCUT2D eigenvalue weighted by Gasteiger charge is 2.22. The maximum atomic E-state index is 8.88. The van der Waals surface area contributed by atoms with E-state index in [0.717, 1.165) is 31.0 Å². The van der Waals surface area contributed by atoms with Crippen LogP contribution in [0.25, 0.3) is 0 Å². The van der Waals surface area contributed by atoms with Gasteiger partial charge in [-0.15, -0.1) is 6.58 Å². The lowest BCUT2D eigenvalue weighted by Crippen LogP contribution is -2.13. The molecule has 0 saturated heterocycles. The molecule has 0 bridgehead atoms. The molecule has 0 atom stereocenters. The van der Waals surface area contributed by atoms with E-state index in [4.69, 9.17) is 19.4 Å². The number of aliphatic hydroxyl groups excluding tert-OH is 1. The van der Waals surface area contributed by atoms with Crippen LogP contribution in [0.15, 0.2) is 30.9 Å². The van der Waals surface area contributed by atoms with Crippen molar-refractivity contribution < 1.29 is 19.4 Å². The molecule has 1 aliphatic rings. The molecular weight excluding hydrogens is 340 g/mol. The van der Waals surface area contributed by atoms with Crippen LogP contribution in [-0.2, 0) is 16.0 Å². The SMILES string of the molecule is C=CC.CC=O.COCCc1cc(OCCO)ccc1C1CCC(C)CC1. The van der Waals surface area contributed by atoms with Crippen LogP contribution in [0, 0.1) is 5.92 Å². The lowest BCUT2D eigenvalue weighted by atomic mass is 9.78. The molecule has 1 aromatic rings. The zero-order chi connectivity index (χ0) is 20.5. The molecule has 1 aliphatic carbocycles. The fourth-order valence-electron chi connectivity index (χ4n) is 3.23. The van der Waals surface area contributed by atoms with E-state index in [-0.39, 0.29) is 6.61 Å². The molecule has 0 radical (unpaired) electrons. The summed E-state index contributed by atoms with van der Waals surface area (Å²) in [4.78, 5) is 8.81. The van der Waals surface area contributed by atoms with Crippen LogP contribution in [0.5, 0.6) is 5.75 Å². The second-order valence-electron chi connectivity index (χ2n) is 6.78. The minimum Gasteiger partial charge on any atom is -0.491 e. The van der Waals surface area contributed by atoms with Crippen molar-refractivity contribution in [3.8, 4) is 5.75 Å². The van der Waals surface area contributed by atoms with E-state index < -0.39 is 0 Å². The van der Waals surface area contributed by atoms with Crippen molar-refractivity contribution in [3.63, 3.8) is 0 Å². The van der Waals surface area contributed by atoms with E-state index in [2.05, 4.69) is 25.6 Å². The number of aldehydes is 1. The first-order valence-electron chi connectivity index (χ1n) is 9.90. The van der Waals surface area contributed by atoms with E-state index in [1.165, 1.54) is 43.7 Å². The van der Waals surface area contributed by atoms with Gasteiger partial charge in [0, 0.05) is 7.11 Å². The highest BCUT2D eigenvalue weighted by atomic mass is 16.5. The van der Waals surface area contributed by atoms with Crippen LogP contribution in [0.3, 0.4) is 0 Å². The van der Waals surface area contributed by atoms with Crippen LogP contribution >= 0.6 is 0 Å². The van der Waals surface area contributed by atoms with Gasteiger partial charge in [-0.3, -0.25) is 0 Å². The summed E-state index contributed by atoms with van der Waals surface area (Å²) in [6.07, 6.45) is 8.67. The van der Waals surface area contributed by atoms with Crippen LogP contribution in [0.4, 0.5) is 0 Å². The van der Waals surface area contributed by atoms with Crippen LogP contribution in [0.1, 0.15) is 63.5 Å². The van der Waals surface area contributed by atoms with Crippen LogP contribution < -0.4 is 4.74 Å². The molecule has 1 N–H and O–H groups in total. The average molecular weight is 379 g/mol. The second-order valence-corrected chi connectivity index (χ2v) is 6.78. The molecule has 0 aliphatic heterocycles. The van der Waals surface area contributed by atoms with Crippen LogP contribution in [-0.4, -0.2) is 38.3 Å². The first-order valence-corrected chi connectivity index (χ1v) is 9.90. The summed E-state index contributed by atoms with van der Waals surface area (Å²) in [7, 11) is 1.74.